The van der Waals surface area contributed by atoms with Gasteiger partial charge in [-0.05, 0) is 25.5 Å². The molecule has 4 nitrogen and oxygen atoms in total. The summed E-state index contributed by atoms with van der Waals surface area (Å²) in [7, 11) is 0. The van der Waals surface area contributed by atoms with E-state index >= 15 is 0 Å². The molecule has 0 saturated heterocycles. The lowest BCUT2D eigenvalue weighted by Crippen LogP contribution is -2.32. The Morgan fingerprint density at radius 1 is 1.31 bits per heavy atom. The Kier molecular flexibility index (Phi) is 4.64. The van der Waals surface area contributed by atoms with Crippen LogP contribution in [-0.2, 0) is 0 Å². The van der Waals surface area contributed by atoms with Gasteiger partial charge in [-0.3, -0.25) is 5.41 Å². The van der Waals surface area contributed by atoms with Gasteiger partial charge in [-0.15, -0.1) is 0 Å². The standard InChI is InChI=1S/C12H18N2O2/c1-3-9(12(13)14)16-11-8-6-5-7-10(11)15-4-2/h5-9H,3-4H2,1-2H3,(H3,13,14). The number of para-hydroxylation sites is 2. The maximum atomic E-state index is 7.39. The van der Waals surface area contributed by atoms with Gasteiger partial charge in [-0.25, -0.2) is 0 Å². The van der Waals surface area contributed by atoms with Crippen LogP contribution < -0.4 is 15.2 Å². The van der Waals surface area contributed by atoms with E-state index in [2.05, 4.69) is 0 Å². The summed E-state index contributed by atoms with van der Waals surface area (Å²) in [5, 5.41) is 7.39. The van der Waals surface area contributed by atoms with Gasteiger partial charge >= 0.3 is 0 Å². The maximum absolute atomic E-state index is 7.39. The van der Waals surface area contributed by atoms with Crippen LogP contribution in [-0.4, -0.2) is 18.5 Å². The average molecular weight is 222 g/mol. The van der Waals surface area contributed by atoms with E-state index in [0.29, 0.717) is 24.5 Å². The normalized spacial score (nSPS) is 11.9. The highest BCUT2D eigenvalue weighted by Gasteiger charge is 2.13. The summed E-state index contributed by atoms with van der Waals surface area (Å²) in [6.07, 6.45) is 0.275. The molecule has 0 radical (unpaired) electrons. The van der Waals surface area contributed by atoms with Gasteiger partial charge in [0.05, 0.1) is 6.61 Å². The molecule has 0 spiro atoms. The minimum absolute atomic E-state index is 0.0359. The highest BCUT2D eigenvalue weighted by molar-refractivity contribution is 5.82. The first-order valence-electron chi connectivity index (χ1n) is 5.41. The van der Waals surface area contributed by atoms with Gasteiger partial charge in [0.2, 0.25) is 0 Å². The molecule has 1 rings (SSSR count). The number of hydrogen-bond donors (Lipinski definition) is 2. The summed E-state index contributed by atoms with van der Waals surface area (Å²) < 4.78 is 11.1. The van der Waals surface area contributed by atoms with Crippen LogP contribution in [0.1, 0.15) is 20.3 Å². The number of ether oxygens (including phenoxy) is 2. The zero-order valence-electron chi connectivity index (χ0n) is 9.69. The number of nitrogens with one attached hydrogen (secondary N) is 1. The van der Waals surface area contributed by atoms with Crippen LogP contribution >= 0.6 is 0 Å². The van der Waals surface area contributed by atoms with Crippen molar-refractivity contribution in [2.24, 2.45) is 5.73 Å². The lowest BCUT2D eigenvalue weighted by Gasteiger charge is -2.18. The minimum Gasteiger partial charge on any atom is -0.490 e. The molecule has 3 N–H and O–H groups in total. The molecule has 0 aliphatic heterocycles. The molecule has 0 aliphatic rings. The fourth-order valence-electron chi connectivity index (χ4n) is 1.34. The molecule has 1 unspecified atom stereocenters. The first kappa shape index (κ1) is 12.4. The van der Waals surface area contributed by atoms with E-state index < -0.39 is 0 Å². The summed E-state index contributed by atoms with van der Waals surface area (Å²) in [4.78, 5) is 0. The van der Waals surface area contributed by atoms with E-state index in [0.717, 1.165) is 0 Å². The zero-order chi connectivity index (χ0) is 12.0. The Hall–Kier alpha value is -1.71. The molecular formula is C12H18N2O2. The number of benzene rings is 1. The van der Waals surface area contributed by atoms with Crippen molar-refractivity contribution in [1.29, 1.82) is 5.41 Å². The highest BCUT2D eigenvalue weighted by Crippen LogP contribution is 2.27. The Morgan fingerprint density at radius 2 is 1.94 bits per heavy atom. The smallest absolute Gasteiger partial charge is 0.162 e. The van der Waals surface area contributed by atoms with Gasteiger partial charge in [0, 0.05) is 0 Å². The number of nitrogens with two attached hydrogens (primary N) is 1. The first-order chi connectivity index (χ1) is 7.69. The van der Waals surface area contributed by atoms with Crippen LogP contribution in [0.4, 0.5) is 0 Å². The van der Waals surface area contributed by atoms with E-state index in [1.807, 2.05) is 38.1 Å². The van der Waals surface area contributed by atoms with E-state index in [4.69, 9.17) is 20.6 Å². The van der Waals surface area contributed by atoms with Crippen LogP contribution in [0.5, 0.6) is 11.5 Å². The topological polar surface area (TPSA) is 68.3 Å². The van der Waals surface area contributed by atoms with Crippen molar-refractivity contribution >= 4 is 5.84 Å². The summed E-state index contributed by atoms with van der Waals surface area (Å²) in [6, 6.07) is 7.40. The molecule has 1 atom stereocenters. The van der Waals surface area contributed by atoms with Gasteiger partial charge in [0.1, 0.15) is 5.84 Å². The summed E-state index contributed by atoms with van der Waals surface area (Å²) in [5.41, 5.74) is 5.44. The molecule has 0 saturated carbocycles. The quantitative estimate of drug-likeness (QED) is 0.572. The Balaban J connectivity index is 2.82. The molecular weight excluding hydrogens is 204 g/mol. The van der Waals surface area contributed by atoms with E-state index in [9.17, 15) is 0 Å². The third-order valence-electron chi connectivity index (χ3n) is 2.14. The predicted octanol–water partition coefficient (Wildman–Crippen LogP) is 2.18. The van der Waals surface area contributed by atoms with Crippen LogP contribution in [0.25, 0.3) is 0 Å². The van der Waals surface area contributed by atoms with Gasteiger partial charge in [-0.2, -0.15) is 0 Å². The fourth-order valence-corrected chi connectivity index (χ4v) is 1.34. The van der Waals surface area contributed by atoms with E-state index in [1.54, 1.807) is 0 Å². The molecule has 4 heteroatoms. The van der Waals surface area contributed by atoms with Crippen molar-refractivity contribution in [3.63, 3.8) is 0 Å². The fraction of sp³-hybridized carbons (Fsp3) is 0.417. The number of hydrogen-bond acceptors (Lipinski definition) is 3. The lowest BCUT2D eigenvalue weighted by molar-refractivity contribution is 0.238. The van der Waals surface area contributed by atoms with Gasteiger partial charge in [-0.1, -0.05) is 19.1 Å². The summed E-state index contributed by atoms with van der Waals surface area (Å²) >= 11 is 0. The van der Waals surface area contributed by atoms with Crippen LogP contribution in [0.2, 0.25) is 0 Å². The third kappa shape index (κ3) is 3.15. The lowest BCUT2D eigenvalue weighted by atomic mass is 10.2. The summed E-state index contributed by atoms with van der Waals surface area (Å²) in [6.45, 7) is 4.42. The first-order valence-corrected chi connectivity index (χ1v) is 5.41. The van der Waals surface area contributed by atoms with Crippen molar-refractivity contribution in [1.82, 2.24) is 0 Å². The molecule has 16 heavy (non-hydrogen) atoms. The minimum atomic E-state index is -0.387. The van der Waals surface area contributed by atoms with Crippen molar-refractivity contribution in [3.8, 4) is 11.5 Å². The third-order valence-corrected chi connectivity index (χ3v) is 2.14. The van der Waals surface area contributed by atoms with Crippen molar-refractivity contribution in [3.05, 3.63) is 24.3 Å². The molecule has 0 aromatic heterocycles. The Morgan fingerprint density at radius 3 is 2.44 bits per heavy atom. The monoisotopic (exact) mass is 222 g/mol. The molecule has 0 amide bonds. The summed E-state index contributed by atoms with van der Waals surface area (Å²) in [5.74, 6) is 1.35. The molecule has 0 bridgehead atoms. The second-order valence-corrected chi connectivity index (χ2v) is 3.35. The number of rotatable bonds is 6. The SMILES string of the molecule is CCOc1ccccc1OC(CC)C(=N)N. The van der Waals surface area contributed by atoms with Crippen molar-refractivity contribution in [2.75, 3.05) is 6.61 Å². The molecule has 1 aromatic carbocycles. The van der Waals surface area contributed by atoms with Gasteiger partial charge < -0.3 is 15.2 Å². The largest absolute Gasteiger partial charge is 0.490 e. The highest BCUT2D eigenvalue weighted by atomic mass is 16.5. The van der Waals surface area contributed by atoms with Crippen LogP contribution in [0.15, 0.2) is 24.3 Å². The van der Waals surface area contributed by atoms with Gasteiger partial charge in [0.15, 0.2) is 17.6 Å². The zero-order valence-corrected chi connectivity index (χ0v) is 9.69. The molecule has 0 heterocycles. The van der Waals surface area contributed by atoms with Gasteiger partial charge in [0.25, 0.3) is 0 Å². The molecule has 0 fully saturated rings. The maximum Gasteiger partial charge on any atom is 0.162 e. The second kappa shape index (κ2) is 6.00. The Bertz CT molecular complexity index is 353. The number of amidine groups is 1. The van der Waals surface area contributed by atoms with E-state index in [-0.39, 0.29) is 11.9 Å². The molecule has 1 aromatic rings. The van der Waals surface area contributed by atoms with Crippen molar-refractivity contribution in [2.45, 2.75) is 26.4 Å². The average Bonchev–Trinajstić information content (AvgIpc) is 2.27. The van der Waals surface area contributed by atoms with Crippen molar-refractivity contribution < 1.29 is 9.47 Å². The molecule has 88 valence electrons. The van der Waals surface area contributed by atoms with E-state index in [1.165, 1.54) is 0 Å². The van der Waals surface area contributed by atoms with Crippen LogP contribution in [0, 0.1) is 5.41 Å². The molecule has 0 aliphatic carbocycles. The van der Waals surface area contributed by atoms with Crippen LogP contribution in [0.3, 0.4) is 0 Å². The predicted molar refractivity (Wildman–Crippen MR) is 64.2 cm³/mol. The Labute approximate surface area is 95.9 Å². The second-order valence-electron chi connectivity index (χ2n) is 3.35.